The van der Waals surface area contributed by atoms with Crippen LogP contribution in [0.5, 0.6) is 0 Å². The van der Waals surface area contributed by atoms with Gasteiger partial charge in [0.1, 0.15) is 5.60 Å². The van der Waals surface area contributed by atoms with Crippen LogP contribution < -0.4 is 0 Å². The summed E-state index contributed by atoms with van der Waals surface area (Å²) in [6, 6.07) is 13.8. The second kappa shape index (κ2) is 10.5. The van der Waals surface area contributed by atoms with Gasteiger partial charge in [-0.2, -0.15) is 22.0 Å². The van der Waals surface area contributed by atoms with Gasteiger partial charge in [0, 0.05) is 17.8 Å². The molecule has 0 saturated heterocycles. The number of aliphatic hydroxyl groups is 1. The number of aromatic carboxylic acids is 1. The van der Waals surface area contributed by atoms with E-state index in [-0.39, 0.29) is 30.1 Å². The Hall–Kier alpha value is -3.59. The molecule has 2 N–H and O–H groups in total. The molecule has 0 bridgehead atoms. The highest BCUT2D eigenvalue weighted by Gasteiger charge is 2.79. The van der Waals surface area contributed by atoms with Gasteiger partial charge in [0.2, 0.25) is 0 Å². The van der Waals surface area contributed by atoms with Gasteiger partial charge in [0.15, 0.2) is 5.78 Å². The van der Waals surface area contributed by atoms with Crippen LogP contribution in [-0.2, 0) is 4.79 Å². The molecule has 2 unspecified atom stereocenters. The zero-order chi connectivity index (χ0) is 31.7. The Balaban J connectivity index is 1.39. The number of fused-ring (bicyclic) bond motifs is 4. The first kappa shape index (κ1) is 30.4. The fraction of sp³-hybridized carbons (Fsp3) is 0.429. The molecule has 2 aromatic rings. The predicted molar refractivity (Wildman–Crippen MR) is 155 cm³/mol. The van der Waals surface area contributed by atoms with E-state index in [1.807, 2.05) is 36.4 Å². The van der Waals surface area contributed by atoms with E-state index >= 15 is 8.78 Å². The van der Waals surface area contributed by atoms with Gasteiger partial charge in [-0.15, -0.1) is 0 Å². The van der Waals surface area contributed by atoms with E-state index in [4.69, 9.17) is 5.11 Å². The Bertz CT molecular complexity index is 1580. The lowest BCUT2D eigenvalue weighted by molar-refractivity contribution is -0.362. The topological polar surface area (TPSA) is 74.6 Å². The molecule has 0 amide bonds. The molecule has 0 heterocycles. The van der Waals surface area contributed by atoms with E-state index < -0.39 is 47.3 Å². The van der Waals surface area contributed by atoms with Crippen LogP contribution in [-0.4, -0.2) is 39.7 Å². The number of allylic oxidation sites excluding steroid dienone is 4. The Morgan fingerprint density at radius 3 is 2.11 bits per heavy atom. The van der Waals surface area contributed by atoms with E-state index in [2.05, 4.69) is 0 Å². The first-order valence-electron chi connectivity index (χ1n) is 14.9. The molecule has 9 heteroatoms. The van der Waals surface area contributed by atoms with Gasteiger partial charge in [-0.3, -0.25) is 4.79 Å². The van der Waals surface area contributed by atoms with E-state index in [0.717, 1.165) is 33.4 Å². The highest BCUT2D eigenvalue weighted by Crippen LogP contribution is 2.70. The lowest BCUT2D eigenvalue weighted by Gasteiger charge is -2.56. The maximum Gasteiger partial charge on any atom is 0.456 e. The van der Waals surface area contributed by atoms with Crippen molar-refractivity contribution < 1.29 is 41.8 Å². The molecule has 232 valence electrons. The van der Waals surface area contributed by atoms with Crippen molar-refractivity contribution in [1.29, 1.82) is 0 Å². The zero-order valence-electron chi connectivity index (χ0n) is 24.1. The summed E-state index contributed by atoms with van der Waals surface area (Å²) in [6.45, 7) is 1.42. The highest BCUT2D eigenvalue weighted by atomic mass is 19.4. The largest absolute Gasteiger partial charge is 0.478 e. The van der Waals surface area contributed by atoms with Crippen LogP contribution in [0.1, 0.15) is 84.8 Å². The second-order valence-corrected chi connectivity index (χ2v) is 12.9. The molecule has 44 heavy (non-hydrogen) atoms. The van der Waals surface area contributed by atoms with E-state index in [9.17, 15) is 27.9 Å². The molecule has 0 aromatic heterocycles. The maximum atomic E-state index is 15.2. The SMILES string of the molecule is C[C@]12C[C@H](c3ccc(/C=C/c4ccc(C(=O)O)cc4)cc3)C3=C4CCC(=O)C=C4CCC3C1CC[C@@]2(O)C(F)(F)C(F)(F)F. The van der Waals surface area contributed by atoms with E-state index in [0.29, 0.717) is 25.7 Å². The second-order valence-electron chi connectivity index (χ2n) is 12.9. The standard InChI is InChI=1S/C35H33F5O4/c1-32-19-28(22-8-4-20(5-9-22)2-3-21-6-10-23(11-7-21)31(42)43)30-26-15-13-25(41)18-24(26)12-14-27(30)29(32)16-17-33(32,44)34(36,37)35(38,39)40/h2-11,18,27-29,44H,12-17,19H2,1H3,(H,42,43)/b3-2+/t27?,28-,29?,32+,33+/m1/s1. The van der Waals surface area contributed by atoms with Gasteiger partial charge in [-0.1, -0.05) is 61.0 Å². The number of rotatable bonds is 5. The fourth-order valence-electron chi connectivity index (χ4n) is 8.48. The van der Waals surface area contributed by atoms with Crippen molar-refractivity contribution in [2.75, 3.05) is 0 Å². The average Bonchev–Trinajstić information content (AvgIpc) is 3.26. The summed E-state index contributed by atoms with van der Waals surface area (Å²) < 4.78 is 71.7. The molecule has 4 aliphatic carbocycles. The van der Waals surface area contributed by atoms with Gasteiger partial charge >= 0.3 is 18.1 Å². The van der Waals surface area contributed by atoms with Crippen LogP contribution in [0.25, 0.3) is 12.2 Å². The molecule has 5 atom stereocenters. The number of halogens is 5. The first-order valence-corrected chi connectivity index (χ1v) is 14.9. The number of alkyl halides is 5. The van der Waals surface area contributed by atoms with Crippen LogP contribution in [0.3, 0.4) is 0 Å². The third-order valence-corrected chi connectivity index (χ3v) is 10.7. The van der Waals surface area contributed by atoms with Crippen LogP contribution in [0.2, 0.25) is 0 Å². The Morgan fingerprint density at radius 1 is 0.909 bits per heavy atom. The van der Waals surface area contributed by atoms with E-state index in [1.165, 1.54) is 19.1 Å². The van der Waals surface area contributed by atoms with Gasteiger partial charge in [-0.05, 0) is 96.4 Å². The first-order chi connectivity index (χ1) is 20.7. The molecular formula is C35H33F5O4. The molecular weight excluding hydrogens is 579 g/mol. The van der Waals surface area contributed by atoms with Crippen molar-refractivity contribution in [3.63, 3.8) is 0 Å². The van der Waals surface area contributed by atoms with Gasteiger partial charge in [0.05, 0.1) is 5.56 Å². The summed E-state index contributed by atoms with van der Waals surface area (Å²) in [5, 5.41) is 20.5. The predicted octanol–water partition coefficient (Wildman–Crippen LogP) is 8.38. The number of ketones is 1. The number of hydrogen-bond donors (Lipinski definition) is 2. The number of hydrogen-bond acceptors (Lipinski definition) is 3. The Kier molecular flexibility index (Phi) is 7.26. The van der Waals surface area contributed by atoms with E-state index in [1.54, 1.807) is 18.2 Å². The number of carboxylic acids is 1. The molecule has 4 aliphatic rings. The van der Waals surface area contributed by atoms with Crippen molar-refractivity contribution in [3.05, 3.63) is 93.6 Å². The van der Waals surface area contributed by atoms with Gasteiger partial charge in [0.25, 0.3) is 0 Å². The van der Waals surface area contributed by atoms with Crippen molar-refractivity contribution in [2.24, 2.45) is 17.3 Å². The fourth-order valence-corrected chi connectivity index (χ4v) is 8.48. The third-order valence-electron chi connectivity index (χ3n) is 10.7. The molecule has 4 nitrogen and oxygen atoms in total. The average molecular weight is 613 g/mol. The molecule has 2 aromatic carbocycles. The van der Waals surface area contributed by atoms with Crippen LogP contribution in [0.15, 0.2) is 71.3 Å². The monoisotopic (exact) mass is 612 g/mol. The summed E-state index contributed by atoms with van der Waals surface area (Å²) in [5.41, 5.74) is 0.601. The normalized spacial score (nSPS) is 30.6. The maximum absolute atomic E-state index is 15.2. The molecule has 2 saturated carbocycles. The molecule has 0 aliphatic heterocycles. The summed E-state index contributed by atoms with van der Waals surface area (Å²) >= 11 is 0. The van der Waals surface area contributed by atoms with Gasteiger partial charge in [-0.25, -0.2) is 4.79 Å². The minimum atomic E-state index is -5.89. The van der Waals surface area contributed by atoms with Crippen LogP contribution >= 0.6 is 0 Å². The quantitative estimate of drug-likeness (QED) is 0.263. The van der Waals surface area contributed by atoms with Crippen molar-refractivity contribution in [3.8, 4) is 0 Å². The smallest absolute Gasteiger partial charge is 0.456 e. The van der Waals surface area contributed by atoms with Crippen LogP contribution in [0, 0.1) is 17.3 Å². The minimum absolute atomic E-state index is 0.0359. The van der Waals surface area contributed by atoms with Gasteiger partial charge < -0.3 is 10.2 Å². The Labute approximate surface area is 252 Å². The number of carbonyl (C=O) groups excluding carboxylic acids is 1. The van der Waals surface area contributed by atoms with Crippen LogP contribution in [0.4, 0.5) is 22.0 Å². The lowest BCUT2D eigenvalue weighted by Crippen LogP contribution is -2.65. The van der Waals surface area contributed by atoms with Crippen molar-refractivity contribution in [2.45, 2.75) is 75.5 Å². The summed E-state index contributed by atoms with van der Waals surface area (Å²) in [5.74, 6) is -7.57. The number of benzene rings is 2. The summed E-state index contributed by atoms with van der Waals surface area (Å²) in [7, 11) is 0. The minimum Gasteiger partial charge on any atom is -0.478 e. The molecule has 6 rings (SSSR count). The lowest BCUT2D eigenvalue weighted by atomic mass is 9.50. The summed E-state index contributed by atoms with van der Waals surface area (Å²) in [4.78, 5) is 23.3. The summed E-state index contributed by atoms with van der Waals surface area (Å²) in [6.07, 6.45) is 0.739. The molecule has 2 fully saturated rings. The highest BCUT2D eigenvalue weighted by molar-refractivity contribution is 5.93. The zero-order valence-corrected chi connectivity index (χ0v) is 24.1. The third kappa shape index (κ3) is 4.66. The van der Waals surface area contributed by atoms with Crippen molar-refractivity contribution >= 4 is 23.9 Å². The van der Waals surface area contributed by atoms with Crippen molar-refractivity contribution in [1.82, 2.24) is 0 Å². The number of carboxylic acid groups (broad SMARTS) is 1. The Morgan fingerprint density at radius 2 is 1.52 bits per heavy atom. The molecule has 0 radical (unpaired) electrons. The molecule has 0 spiro atoms. The number of carbonyl (C=O) groups is 2.